The summed E-state index contributed by atoms with van der Waals surface area (Å²) >= 11 is 0. The molecule has 2 atom stereocenters. The zero-order valence-corrected chi connectivity index (χ0v) is 22.4. The van der Waals surface area contributed by atoms with Gasteiger partial charge < -0.3 is 19.9 Å². The highest BCUT2D eigenvalue weighted by atomic mass is 16.5. The van der Waals surface area contributed by atoms with Crippen molar-refractivity contribution in [2.45, 2.75) is 31.6 Å². The van der Waals surface area contributed by atoms with E-state index in [4.69, 9.17) is 9.47 Å². The molecule has 0 saturated carbocycles. The number of carbonyl (C=O) groups excluding carboxylic acids is 2. The molecule has 0 saturated heterocycles. The average Bonchev–Trinajstić information content (AvgIpc) is 3.32. The van der Waals surface area contributed by atoms with Crippen LogP contribution in [-0.4, -0.2) is 41.8 Å². The molecule has 4 aromatic rings. The summed E-state index contributed by atoms with van der Waals surface area (Å²) in [5.41, 5.74) is 6.11. The van der Waals surface area contributed by atoms with Gasteiger partial charge in [0.1, 0.15) is 6.61 Å². The van der Waals surface area contributed by atoms with E-state index in [9.17, 15) is 19.5 Å². The number of benzene rings is 4. The molecule has 1 aliphatic rings. The van der Waals surface area contributed by atoms with Gasteiger partial charge in [0.2, 0.25) is 0 Å². The largest absolute Gasteiger partial charge is 0.480 e. The quantitative estimate of drug-likeness (QED) is 0.229. The molecule has 0 aliphatic heterocycles. The molecule has 3 N–H and O–H groups in total. The molecule has 8 heteroatoms. The Balaban J connectivity index is 1.15. The summed E-state index contributed by atoms with van der Waals surface area (Å²) in [6.07, 6.45) is -1.38. The van der Waals surface area contributed by atoms with Crippen LogP contribution in [-0.2, 0) is 20.9 Å². The summed E-state index contributed by atoms with van der Waals surface area (Å²) in [7, 11) is 0. The predicted octanol–water partition coefficient (Wildman–Crippen LogP) is 5.84. The van der Waals surface area contributed by atoms with Crippen molar-refractivity contribution >= 4 is 23.7 Å². The Hall–Kier alpha value is -4.95. The number of fused-ring (bicyclic) bond motifs is 3. The van der Waals surface area contributed by atoms with Gasteiger partial charge in [0.25, 0.3) is 5.91 Å². The fourth-order valence-corrected chi connectivity index (χ4v) is 4.96. The van der Waals surface area contributed by atoms with Crippen molar-refractivity contribution in [2.75, 3.05) is 11.9 Å². The van der Waals surface area contributed by atoms with Crippen LogP contribution in [0.2, 0.25) is 0 Å². The van der Waals surface area contributed by atoms with Crippen LogP contribution in [0, 0.1) is 0 Å². The Kier molecular flexibility index (Phi) is 8.41. The molecule has 41 heavy (non-hydrogen) atoms. The Morgan fingerprint density at radius 3 is 2.00 bits per heavy atom. The lowest BCUT2D eigenvalue weighted by Gasteiger charge is -2.22. The standard InChI is InChI=1S/C33H30N2O6/c1-21(40-19-22-9-3-2-4-10-22)30(32(37)38)35-31(36)23-15-17-24(18-16-23)34-33(39)41-20-29-27-13-7-5-11-25(27)26-12-6-8-14-28(26)29/h2-18,21,29-30H,19-20H2,1H3,(H,34,39)(H,35,36)(H,37,38)/t21-,30+/m0/s1. The highest BCUT2D eigenvalue weighted by molar-refractivity contribution is 5.97. The van der Waals surface area contributed by atoms with Crippen LogP contribution in [0.25, 0.3) is 11.1 Å². The van der Waals surface area contributed by atoms with Crippen LogP contribution in [0.4, 0.5) is 10.5 Å². The number of hydrogen-bond donors (Lipinski definition) is 3. The van der Waals surface area contributed by atoms with E-state index in [0.717, 1.165) is 27.8 Å². The molecule has 8 nitrogen and oxygen atoms in total. The molecule has 0 fully saturated rings. The molecule has 0 spiro atoms. The first kappa shape index (κ1) is 27.6. The van der Waals surface area contributed by atoms with E-state index in [2.05, 4.69) is 34.9 Å². The molecule has 1 aliphatic carbocycles. The number of carboxylic acid groups (broad SMARTS) is 1. The van der Waals surface area contributed by atoms with Crippen molar-refractivity contribution in [3.63, 3.8) is 0 Å². The van der Waals surface area contributed by atoms with Gasteiger partial charge in [-0.05, 0) is 59.0 Å². The number of hydrogen-bond acceptors (Lipinski definition) is 5. The number of carboxylic acids is 1. The van der Waals surface area contributed by atoms with Crippen molar-refractivity contribution in [1.29, 1.82) is 0 Å². The number of amides is 2. The fraction of sp³-hybridized carbons (Fsp3) is 0.182. The molecule has 0 radical (unpaired) electrons. The Morgan fingerprint density at radius 1 is 0.805 bits per heavy atom. The summed E-state index contributed by atoms with van der Waals surface area (Å²) in [5.74, 6) is -1.83. The van der Waals surface area contributed by atoms with Crippen molar-refractivity contribution in [3.8, 4) is 11.1 Å². The molecule has 5 rings (SSSR count). The van der Waals surface area contributed by atoms with Gasteiger partial charge in [-0.3, -0.25) is 10.1 Å². The summed E-state index contributed by atoms with van der Waals surface area (Å²) in [4.78, 5) is 37.2. The summed E-state index contributed by atoms with van der Waals surface area (Å²) in [6, 6.07) is 30.4. The van der Waals surface area contributed by atoms with Gasteiger partial charge in [0.05, 0.1) is 12.7 Å². The van der Waals surface area contributed by atoms with Gasteiger partial charge in [0.15, 0.2) is 6.04 Å². The van der Waals surface area contributed by atoms with E-state index in [1.807, 2.05) is 54.6 Å². The van der Waals surface area contributed by atoms with Gasteiger partial charge in [-0.25, -0.2) is 9.59 Å². The van der Waals surface area contributed by atoms with E-state index in [1.165, 1.54) is 12.1 Å². The lowest BCUT2D eigenvalue weighted by atomic mass is 9.98. The summed E-state index contributed by atoms with van der Waals surface area (Å²) in [5, 5.41) is 14.9. The second-order valence-corrected chi connectivity index (χ2v) is 9.82. The molecule has 208 valence electrons. The third-order valence-electron chi connectivity index (χ3n) is 7.11. The number of rotatable bonds is 10. The second kappa shape index (κ2) is 12.5. The zero-order chi connectivity index (χ0) is 28.8. The van der Waals surface area contributed by atoms with E-state index >= 15 is 0 Å². The molecule has 4 aromatic carbocycles. The highest BCUT2D eigenvalue weighted by Crippen LogP contribution is 2.44. The van der Waals surface area contributed by atoms with Crippen LogP contribution >= 0.6 is 0 Å². The zero-order valence-electron chi connectivity index (χ0n) is 22.4. The monoisotopic (exact) mass is 550 g/mol. The van der Waals surface area contributed by atoms with Gasteiger partial charge in [-0.1, -0.05) is 78.9 Å². The van der Waals surface area contributed by atoms with Gasteiger partial charge in [-0.15, -0.1) is 0 Å². The van der Waals surface area contributed by atoms with E-state index in [0.29, 0.717) is 5.69 Å². The summed E-state index contributed by atoms with van der Waals surface area (Å²) < 4.78 is 11.3. The van der Waals surface area contributed by atoms with E-state index in [1.54, 1.807) is 19.1 Å². The minimum Gasteiger partial charge on any atom is -0.480 e. The topological polar surface area (TPSA) is 114 Å². The highest BCUT2D eigenvalue weighted by Gasteiger charge is 2.29. The minimum absolute atomic E-state index is 0.0551. The third-order valence-corrected chi connectivity index (χ3v) is 7.11. The maximum atomic E-state index is 12.8. The Labute approximate surface area is 237 Å². The van der Waals surface area contributed by atoms with E-state index < -0.39 is 30.1 Å². The third kappa shape index (κ3) is 6.45. The van der Waals surface area contributed by atoms with Crippen LogP contribution in [0.5, 0.6) is 0 Å². The Bertz CT molecular complexity index is 1490. The van der Waals surface area contributed by atoms with Crippen LogP contribution in [0.15, 0.2) is 103 Å². The number of aliphatic carboxylic acids is 1. The van der Waals surface area contributed by atoms with Crippen molar-refractivity contribution in [1.82, 2.24) is 5.32 Å². The van der Waals surface area contributed by atoms with Crippen molar-refractivity contribution in [2.24, 2.45) is 0 Å². The molecule has 0 heterocycles. The van der Waals surface area contributed by atoms with Crippen LogP contribution in [0.3, 0.4) is 0 Å². The fourth-order valence-electron chi connectivity index (χ4n) is 4.96. The van der Waals surface area contributed by atoms with Crippen molar-refractivity contribution < 1.29 is 29.0 Å². The molecular formula is C33H30N2O6. The van der Waals surface area contributed by atoms with Gasteiger partial charge in [-0.2, -0.15) is 0 Å². The number of ether oxygens (including phenoxy) is 2. The smallest absolute Gasteiger partial charge is 0.411 e. The summed E-state index contributed by atoms with van der Waals surface area (Å²) in [6.45, 7) is 2.00. The van der Waals surface area contributed by atoms with Gasteiger partial charge in [0, 0.05) is 17.2 Å². The molecule has 0 aromatic heterocycles. The van der Waals surface area contributed by atoms with Crippen molar-refractivity contribution in [3.05, 3.63) is 125 Å². The predicted molar refractivity (Wildman–Crippen MR) is 155 cm³/mol. The number of nitrogens with one attached hydrogen (secondary N) is 2. The normalized spacial score (nSPS) is 13.4. The van der Waals surface area contributed by atoms with Gasteiger partial charge >= 0.3 is 12.1 Å². The van der Waals surface area contributed by atoms with E-state index in [-0.39, 0.29) is 24.7 Å². The lowest BCUT2D eigenvalue weighted by molar-refractivity contribution is -0.143. The minimum atomic E-state index is -1.25. The second-order valence-electron chi connectivity index (χ2n) is 9.82. The maximum Gasteiger partial charge on any atom is 0.411 e. The Morgan fingerprint density at radius 2 is 1.39 bits per heavy atom. The SMILES string of the molecule is C[C@H](OCc1ccccc1)[C@@H](NC(=O)c1ccc(NC(=O)OCC2c3ccccc3-c3ccccc32)cc1)C(=O)O. The molecule has 2 amide bonds. The first-order chi connectivity index (χ1) is 19.9. The maximum absolute atomic E-state index is 12.8. The van der Waals surface area contributed by atoms with Crippen LogP contribution in [0.1, 0.15) is 39.9 Å². The first-order valence-electron chi connectivity index (χ1n) is 13.3. The lowest BCUT2D eigenvalue weighted by Crippen LogP contribution is -2.48. The average molecular weight is 551 g/mol. The number of carbonyl (C=O) groups is 3. The molecular weight excluding hydrogens is 520 g/mol. The first-order valence-corrected chi connectivity index (χ1v) is 13.3. The molecule has 0 unspecified atom stereocenters. The molecule has 0 bridgehead atoms. The number of anilines is 1. The van der Waals surface area contributed by atoms with Crippen LogP contribution < -0.4 is 10.6 Å².